The first kappa shape index (κ1) is 30.7. The smallest absolute Gasteiger partial charge is 0.317 e. The summed E-state index contributed by atoms with van der Waals surface area (Å²) >= 11 is 0. The first-order chi connectivity index (χ1) is 23.8. The Balaban J connectivity index is 1.22. The molecule has 1 saturated heterocycles. The molecule has 4 bridgehead atoms. The predicted octanol–water partition coefficient (Wildman–Crippen LogP) is 4.11. The number of aromatic nitrogens is 8. The van der Waals surface area contributed by atoms with E-state index in [1.165, 1.54) is 23.3 Å². The van der Waals surface area contributed by atoms with Crippen LogP contribution >= 0.6 is 0 Å². The Morgan fingerprint density at radius 3 is 2.76 bits per heavy atom. The Morgan fingerprint density at radius 2 is 1.92 bits per heavy atom. The van der Waals surface area contributed by atoms with Crippen LogP contribution in [0.1, 0.15) is 19.2 Å². The van der Waals surface area contributed by atoms with Crippen molar-refractivity contribution in [3.05, 3.63) is 78.6 Å². The summed E-state index contributed by atoms with van der Waals surface area (Å²) in [6, 6.07) is 10.5. The number of para-hydroxylation sites is 1. The molecule has 1 fully saturated rings. The normalized spacial score (nSPS) is 19.7. The van der Waals surface area contributed by atoms with Crippen LogP contribution < -0.4 is 9.64 Å². The molecule has 0 saturated carbocycles. The van der Waals surface area contributed by atoms with Gasteiger partial charge in [0, 0.05) is 44.4 Å². The Morgan fingerprint density at radius 1 is 1.04 bits per heavy atom. The number of halogens is 2. The molecule has 8 rings (SSSR count). The predicted molar refractivity (Wildman–Crippen MR) is 175 cm³/mol. The van der Waals surface area contributed by atoms with Gasteiger partial charge >= 0.3 is 6.01 Å². The van der Waals surface area contributed by atoms with Gasteiger partial charge in [-0.2, -0.15) is 10.1 Å². The average molecular weight is 667 g/mol. The summed E-state index contributed by atoms with van der Waals surface area (Å²) in [6.45, 7) is 5.40. The van der Waals surface area contributed by atoms with Crippen molar-refractivity contribution in [1.29, 1.82) is 0 Å². The second-order valence-electron chi connectivity index (χ2n) is 12.2. The maximum absolute atomic E-state index is 14.8. The Kier molecular flexibility index (Phi) is 7.62. The van der Waals surface area contributed by atoms with Gasteiger partial charge in [-0.25, -0.2) is 33.4 Å². The second-order valence-corrected chi connectivity index (χ2v) is 12.2. The van der Waals surface area contributed by atoms with Crippen LogP contribution in [0.4, 0.5) is 14.6 Å². The lowest BCUT2D eigenvalue weighted by molar-refractivity contribution is -0.133. The highest BCUT2D eigenvalue weighted by Gasteiger charge is 2.42. The summed E-state index contributed by atoms with van der Waals surface area (Å²) in [4.78, 5) is 40.9. The SMILES string of the molecule is CCO[C@H]1CN(C)C(=O)[C@@H]2C[C@@H](CN2c2ncnc3c2cnn3-c2ccc(F)cc2F)Oc2nccc(n2)-c2cccc3nc(C)n(c23)C1. The number of hydrogen-bond acceptors (Lipinski definition) is 10. The molecule has 0 unspecified atom stereocenters. The van der Waals surface area contributed by atoms with E-state index in [1.807, 2.05) is 43.0 Å². The van der Waals surface area contributed by atoms with Crippen molar-refractivity contribution in [2.45, 2.75) is 45.1 Å². The van der Waals surface area contributed by atoms with Crippen LogP contribution in [0.3, 0.4) is 0 Å². The van der Waals surface area contributed by atoms with Crippen molar-refractivity contribution in [1.82, 2.24) is 44.2 Å². The van der Waals surface area contributed by atoms with E-state index in [9.17, 15) is 13.6 Å². The molecule has 1 amide bonds. The van der Waals surface area contributed by atoms with Gasteiger partial charge in [0.1, 0.15) is 41.6 Å². The second kappa shape index (κ2) is 12.1. The lowest BCUT2D eigenvalue weighted by atomic mass is 10.1. The van der Waals surface area contributed by atoms with E-state index in [4.69, 9.17) is 19.4 Å². The summed E-state index contributed by atoms with van der Waals surface area (Å²) in [5.74, 6) is -0.402. The van der Waals surface area contributed by atoms with Crippen molar-refractivity contribution in [2.75, 3.05) is 31.6 Å². The van der Waals surface area contributed by atoms with Gasteiger partial charge in [-0.1, -0.05) is 12.1 Å². The number of likely N-dealkylation sites (N-methyl/N-ethyl adjacent to an activating group) is 1. The Hall–Kier alpha value is -5.57. The topological polar surface area (TPSA) is 129 Å². The van der Waals surface area contributed by atoms with Gasteiger partial charge in [0.25, 0.3) is 0 Å². The van der Waals surface area contributed by atoms with Crippen molar-refractivity contribution < 1.29 is 23.0 Å². The molecule has 3 atom stereocenters. The number of ether oxygens (including phenoxy) is 2. The van der Waals surface area contributed by atoms with Gasteiger partial charge in [-0.15, -0.1) is 0 Å². The third-order valence-corrected chi connectivity index (χ3v) is 9.08. The molecule has 0 aliphatic carbocycles. The zero-order valence-corrected chi connectivity index (χ0v) is 27.0. The molecule has 13 nitrogen and oxygen atoms in total. The fourth-order valence-corrected chi connectivity index (χ4v) is 6.92. The van der Waals surface area contributed by atoms with Gasteiger partial charge in [-0.05, 0) is 38.1 Å². The summed E-state index contributed by atoms with van der Waals surface area (Å²) in [7, 11) is 1.76. The van der Waals surface area contributed by atoms with Gasteiger partial charge in [0.2, 0.25) is 5.91 Å². The van der Waals surface area contributed by atoms with Crippen LogP contribution in [-0.2, 0) is 16.1 Å². The zero-order chi connectivity index (χ0) is 33.8. The molecule has 250 valence electrons. The number of carbonyl (C=O) groups is 1. The van der Waals surface area contributed by atoms with Crippen LogP contribution in [0.5, 0.6) is 6.01 Å². The van der Waals surface area contributed by atoms with Gasteiger partial charge in [0.15, 0.2) is 11.5 Å². The summed E-state index contributed by atoms with van der Waals surface area (Å²) < 4.78 is 44.5. The van der Waals surface area contributed by atoms with E-state index in [1.54, 1.807) is 18.1 Å². The molecule has 49 heavy (non-hydrogen) atoms. The number of fused-ring (bicyclic) bond motifs is 6. The van der Waals surface area contributed by atoms with Gasteiger partial charge < -0.3 is 23.8 Å². The molecule has 2 aromatic carbocycles. The number of anilines is 1. The number of nitrogens with zero attached hydrogens (tertiary/aromatic N) is 10. The number of imidazole rings is 1. The largest absolute Gasteiger partial charge is 0.458 e. The number of aryl methyl sites for hydroxylation is 1. The van der Waals surface area contributed by atoms with Crippen LogP contribution in [0.15, 0.2) is 61.2 Å². The molecule has 6 aromatic rings. The highest BCUT2D eigenvalue weighted by Crippen LogP contribution is 2.34. The first-order valence-corrected chi connectivity index (χ1v) is 16.0. The standard InChI is InChI=1S/C34H32F2N10O3/c1-4-48-22-15-43(3)33(47)29-13-21(49-34-37-11-10-26(42-34)23-6-5-7-27-30(23)44(17-22)19(2)41-27)16-45(29)31-24-14-40-46(32(24)39-18-38-31)28-9-8-20(35)12-25(28)36/h5-12,14,18,21-22,29H,4,13,15-17H2,1-3H3/t21-,22-,29-/m0/s1. The number of amides is 1. The van der Waals surface area contributed by atoms with Crippen LogP contribution in [0, 0.1) is 18.6 Å². The van der Waals surface area contributed by atoms with Crippen LogP contribution in [0.25, 0.3) is 39.0 Å². The minimum atomic E-state index is -0.789. The minimum Gasteiger partial charge on any atom is -0.458 e. The van der Waals surface area contributed by atoms with E-state index in [0.717, 1.165) is 34.6 Å². The fourth-order valence-electron chi connectivity index (χ4n) is 6.92. The molecule has 2 aliphatic rings. The molecule has 6 heterocycles. The van der Waals surface area contributed by atoms with Crippen LogP contribution in [0.2, 0.25) is 0 Å². The van der Waals surface area contributed by atoms with E-state index >= 15 is 0 Å². The minimum absolute atomic E-state index is 0.0310. The van der Waals surface area contributed by atoms with E-state index < -0.39 is 23.8 Å². The van der Waals surface area contributed by atoms with Gasteiger partial charge in [0.05, 0.1) is 47.5 Å². The fraction of sp³-hybridized carbons (Fsp3) is 0.324. The maximum atomic E-state index is 14.8. The summed E-state index contributed by atoms with van der Waals surface area (Å²) in [6.07, 6.45) is 4.01. The molecule has 4 aromatic heterocycles. The highest BCUT2D eigenvalue weighted by molar-refractivity contribution is 5.93. The Labute approximate surface area is 279 Å². The van der Waals surface area contributed by atoms with E-state index in [0.29, 0.717) is 48.7 Å². The van der Waals surface area contributed by atoms with Crippen LogP contribution in [-0.4, -0.2) is 95.1 Å². The summed E-state index contributed by atoms with van der Waals surface area (Å²) in [5.41, 5.74) is 3.63. The van der Waals surface area contributed by atoms with Crippen molar-refractivity contribution >= 4 is 33.8 Å². The molecular weight excluding hydrogens is 634 g/mol. The molecule has 15 heteroatoms. The molecule has 2 aliphatic heterocycles. The number of benzene rings is 2. The first-order valence-electron chi connectivity index (χ1n) is 16.0. The lowest BCUT2D eigenvalue weighted by Gasteiger charge is -2.31. The van der Waals surface area contributed by atoms with Crippen molar-refractivity contribution in [2.24, 2.45) is 0 Å². The van der Waals surface area contributed by atoms with Crippen molar-refractivity contribution in [3.63, 3.8) is 0 Å². The van der Waals surface area contributed by atoms with E-state index in [-0.39, 0.29) is 30.3 Å². The average Bonchev–Trinajstić information content (AvgIpc) is 3.79. The number of rotatable bonds is 4. The third-order valence-electron chi connectivity index (χ3n) is 9.08. The molecular formula is C34H32F2N10O3. The molecule has 0 spiro atoms. The lowest BCUT2D eigenvalue weighted by Crippen LogP contribution is -2.47. The zero-order valence-electron chi connectivity index (χ0n) is 27.0. The highest BCUT2D eigenvalue weighted by atomic mass is 19.1. The monoisotopic (exact) mass is 666 g/mol. The van der Waals surface area contributed by atoms with Crippen molar-refractivity contribution in [3.8, 4) is 23.0 Å². The summed E-state index contributed by atoms with van der Waals surface area (Å²) in [5, 5.41) is 4.86. The molecule has 0 radical (unpaired) electrons. The third kappa shape index (κ3) is 5.39. The van der Waals surface area contributed by atoms with E-state index in [2.05, 4.69) is 24.6 Å². The molecule has 0 N–H and O–H groups in total. The number of carbonyl (C=O) groups excluding carboxylic acids is 1. The Bertz CT molecular complexity index is 2220. The quantitative estimate of drug-likeness (QED) is 0.271. The van der Waals surface area contributed by atoms with Gasteiger partial charge in [-0.3, -0.25) is 4.79 Å². The maximum Gasteiger partial charge on any atom is 0.317 e. The number of hydrogen-bond donors (Lipinski definition) is 0.